The van der Waals surface area contributed by atoms with E-state index in [1.54, 1.807) is 56.7 Å². The van der Waals surface area contributed by atoms with E-state index >= 15 is 0 Å². The Morgan fingerprint density at radius 1 is 0.963 bits per heavy atom. The first kappa shape index (κ1) is 20.1. The summed E-state index contributed by atoms with van der Waals surface area (Å²) in [6.45, 7) is 1.69. The van der Waals surface area contributed by atoms with E-state index in [0.717, 1.165) is 0 Å². The number of amides is 2. The number of anilines is 2. The minimum atomic E-state index is -0.199. The molecular formula is C20H24N2O5. The van der Waals surface area contributed by atoms with Gasteiger partial charge >= 0.3 is 0 Å². The number of nitrogens with zero attached hydrogens (tertiary/aromatic N) is 1. The molecule has 1 N–H and O–H groups in total. The predicted molar refractivity (Wildman–Crippen MR) is 104 cm³/mol. The van der Waals surface area contributed by atoms with E-state index in [2.05, 4.69) is 5.32 Å². The highest BCUT2D eigenvalue weighted by atomic mass is 16.5. The van der Waals surface area contributed by atoms with Crippen molar-refractivity contribution in [3.05, 3.63) is 42.5 Å². The minimum absolute atomic E-state index is 0.144. The Morgan fingerprint density at radius 2 is 1.70 bits per heavy atom. The van der Waals surface area contributed by atoms with Crippen molar-refractivity contribution in [2.75, 3.05) is 38.1 Å². The van der Waals surface area contributed by atoms with E-state index in [9.17, 15) is 9.59 Å². The van der Waals surface area contributed by atoms with Gasteiger partial charge in [0.25, 0.3) is 0 Å². The Bertz CT molecular complexity index is 807. The second-order valence-corrected chi connectivity index (χ2v) is 5.74. The first-order valence-electron chi connectivity index (χ1n) is 8.42. The molecule has 0 aliphatic heterocycles. The molecule has 0 aromatic heterocycles. The van der Waals surface area contributed by atoms with Crippen LogP contribution in [0.15, 0.2) is 42.5 Å². The maximum atomic E-state index is 12.3. The van der Waals surface area contributed by atoms with E-state index in [1.165, 1.54) is 18.9 Å². The third-order valence-electron chi connectivity index (χ3n) is 3.97. The Labute approximate surface area is 158 Å². The van der Waals surface area contributed by atoms with Crippen molar-refractivity contribution in [3.8, 4) is 17.2 Å². The number of hydrogen-bond donors (Lipinski definition) is 1. The van der Waals surface area contributed by atoms with Gasteiger partial charge in [0.05, 0.1) is 21.3 Å². The molecule has 0 saturated carbocycles. The Morgan fingerprint density at radius 3 is 2.33 bits per heavy atom. The zero-order valence-electron chi connectivity index (χ0n) is 15.9. The normalized spacial score (nSPS) is 10.1. The van der Waals surface area contributed by atoms with Crippen LogP contribution < -0.4 is 24.4 Å². The third-order valence-corrected chi connectivity index (χ3v) is 3.97. The van der Waals surface area contributed by atoms with Crippen molar-refractivity contribution in [3.63, 3.8) is 0 Å². The lowest BCUT2D eigenvalue weighted by Gasteiger charge is -2.22. The molecule has 0 atom stereocenters. The number of carbonyl (C=O) groups is 2. The van der Waals surface area contributed by atoms with Gasteiger partial charge in [0, 0.05) is 43.4 Å². The number of ether oxygens (including phenoxy) is 3. The number of benzene rings is 2. The van der Waals surface area contributed by atoms with Crippen LogP contribution in [0.1, 0.15) is 13.3 Å². The zero-order chi connectivity index (χ0) is 19.8. The SMILES string of the molecule is COc1cccc(NC(=O)CCN(C(C)=O)c2ccc(OC)c(OC)c2)c1. The Kier molecular flexibility index (Phi) is 7.05. The van der Waals surface area contributed by atoms with Crippen molar-refractivity contribution < 1.29 is 23.8 Å². The second-order valence-electron chi connectivity index (χ2n) is 5.74. The second kappa shape index (κ2) is 9.47. The van der Waals surface area contributed by atoms with Crippen molar-refractivity contribution in [2.24, 2.45) is 0 Å². The van der Waals surface area contributed by atoms with Gasteiger partial charge in [-0.2, -0.15) is 0 Å². The van der Waals surface area contributed by atoms with E-state index in [0.29, 0.717) is 28.6 Å². The van der Waals surface area contributed by atoms with E-state index in [-0.39, 0.29) is 24.8 Å². The molecule has 0 saturated heterocycles. The largest absolute Gasteiger partial charge is 0.497 e. The van der Waals surface area contributed by atoms with Gasteiger partial charge in [0.2, 0.25) is 11.8 Å². The predicted octanol–water partition coefficient (Wildman–Crippen LogP) is 3.09. The monoisotopic (exact) mass is 372 g/mol. The molecule has 0 aliphatic rings. The lowest BCUT2D eigenvalue weighted by atomic mass is 10.2. The van der Waals surface area contributed by atoms with E-state index in [1.807, 2.05) is 0 Å². The molecule has 2 amide bonds. The van der Waals surface area contributed by atoms with Gasteiger partial charge in [-0.15, -0.1) is 0 Å². The fourth-order valence-corrected chi connectivity index (χ4v) is 2.60. The molecule has 7 heteroatoms. The average molecular weight is 372 g/mol. The van der Waals surface area contributed by atoms with Gasteiger partial charge in [0.1, 0.15) is 5.75 Å². The number of nitrogens with one attached hydrogen (secondary N) is 1. The van der Waals surface area contributed by atoms with Crippen LogP contribution >= 0.6 is 0 Å². The van der Waals surface area contributed by atoms with Crippen LogP contribution in [0.25, 0.3) is 0 Å². The van der Waals surface area contributed by atoms with Crippen LogP contribution in [-0.2, 0) is 9.59 Å². The van der Waals surface area contributed by atoms with Crippen LogP contribution in [0.2, 0.25) is 0 Å². The highest BCUT2D eigenvalue weighted by molar-refractivity contribution is 5.95. The van der Waals surface area contributed by atoms with Crippen molar-refractivity contribution in [2.45, 2.75) is 13.3 Å². The van der Waals surface area contributed by atoms with Gasteiger partial charge in [-0.05, 0) is 24.3 Å². The van der Waals surface area contributed by atoms with Crippen LogP contribution in [0.5, 0.6) is 17.2 Å². The number of methoxy groups -OCH3 is 3. The summed E-state index contributed by atoms with van der Waals surface area (Å²) in [7, 11) is 4.64. The number of rotatable bonds is 8. The maximum absolute atomic E-state index is 12.3. The molecule has 27 heavy (non-hydrogen) atoms. The quantitative estimate of drug-likeness (QED) is 0.770. The Hall–Kier alpha value is -3.22. The summed E-state index contributed by atoms with van der Waals surface area (Å²) < 4.78 is 15.6. The van der Waals surface area contributed by atoms with E-state index in [4.69, 9.17) is 14.2 Å². The van der Waals surface area contributed by atoms with Gasteiger partial charge in [0.15, 0.2) is 11.5 Å². The van der Waals surface area contributed by atoms with E-state index < -0.39 is 0 Å². The first-order valence-corrected chi connectivity index (χ1v) is 8.42. The van der Waals surface area contributed by atoms with Crippen molar-refractivity contribution in [1.29, 1.82) is 0 Å². The minimum Gasteiger partial charge on any atom is -0.497 e. The topological polar surface area (TPSA) is 77.1 Å². The summed E-state index contributed by atoms with van der Waals surface area (Å²) in [6, 6.07) is 12.3. The molecule has 0 aliphatic carbocycles. The summed E-state index contributed by atoms with van der Waals surface area (Å²) >= 11 is 0. The molecule has 2 aromatic rings. The third kappa shape index (κ3) is 5.37. The summed E-state index contributed by atoms with van der Waals surface area (Å²) in [4.78, 5) is 25.8. The smallest absolute Gasteiger partial charge is 0.226 e. The average Bonchev–Trinajstić information content (AvgIpc) is 2.67. The standard InChI is InChI=1S/C20H24N2O5/c1-14(23)22(16-8-9-18(26-3)19(13-16)27-4)11-10-20(24)21-15-6-5-7-17(12-15)25-2/h5-9,12-13H,10-11H2,1-4H3,(H,21,24). The molecular weight excluding hydrogens is 348 g/mol. The number of carbonyl (C=O) groups excluding carboxylic acids is 2. The molecule has 0 radical (unpaired) electrons. The Balaban J connectivity index is 2.06. The lowest BCUT2D eigenvalue weighted by molar-refractivity contribution is -0.117. The van der Waals surface area contributed by atoms with Crippen molar-refractivity contribution in [1.82, 2.24) is 0 Å². The highest BCUT2D eigenvalue weighted by Crippen LogP contribution is 2.31. The van der Waals surface area contributed by atoms with Gasteiger partial charge in [-0.3, -0.25) is 9.59 Å². The molecule has 2 aromatic carbocycles. The lowest BCUT2D eigenvalue weighted by Crippen LogP contribution is -2.32. The summed E-state index contributed by atoms with van der Waals surface area (Å²) in [5.74, 6) is 1.37. The van der Waals surface area contributed by atoms with Gasteiger partial charge in [-0.25, -0.2) is 0 Å². The van der Waals surface area contributed by atoms with Crippen LogP contribution in [0.3, 0.4) is 0 Å². The first-order chi connectivity index (χ1) is 13.0. The van der Waals surface area contributed by atoms with Gasteiger partial charge < -0.3 is 24.4 Å². The van der Waals surface area contributed by atoms with Crippen LogP contribution in [0, 0.1) is 0 Å². The van der Waals surface area contributed by atoms with Gasteiger partial charge in [-0.1, -0.05) is 6.07 Å². The zero-order valence-corrected chi connectivity index (χ0v) is 15.9. The summed E-state index contributed by atoms with van der Waals surface area (Å²) in [5.41, 5.74) is 1.27. The van der Waals surface area contributed by atoms with Crippen LogP contribution in [-0.4, -0.2) is 39.7 Å². The fraction of sp³-hybridized carbons (Fsp3) is 0.300. The number of hydrogen-bond acceptors (Lipinski definition) is 5. The molecule has 2 rings (SSSR count). The fourth-order valence-electron chi connectivity index (χ4n) is 2.60. The maximum Gasteiger partial charge on any atom is 0.226 e. The van der Waals surface area contributed by atoms with Crippen molar-refractivity contribution >= 4 is 23.2 Å². The highest BCUT2D eigenvalue weighted by Gasteiger charge is 2.16. The molecule has 0 unspecified atom stereocenters. The molecule has 0 bridgehead atoms. The summed E-state index contributed by atoms with van der Waals surface area (Å²) in [6.07, 6.45) is 0.144. The molecule has 7 nitrogen and oxygen atoms in total. The van der Waals surface area contributed by atoms with Crippen LogP contribution in [0.4, 0.5) is 11.4 Å². The molecule has 0 heterocycles. The summed E-state index contributed by atoms with van der Waals surface area (Å²) in [5, 5.41) is 2.80. The molecule has 0 fully saturated rings. The molecule has 144 valence electrons. The molecule has 0 spiro atoms.